The van der Waals surface area contributed by atoms with Crippen molar-refractivity contribution in [3.8, 4) is 0 Å². The van der Waals surface area contributed by atoms with Gasteiger partial charge < -0.3 is 10.1 Å². The van der Waals surface area contributed by atoms with Crippen LogP contribution in [0, 0.1) is 0 Å². The van der Waals surface area contributed by atoms with Crippen LogP contribution in [0.5, 0.6) is 0 Å². The van der Waals surface area contributed by atoms with Gasteiger partial charge in [-0.2, -0.15) is 0 Å². The van der Waals surface area contributed by atoms with E-state index in [-0.39, 0.29) is 12.0 Å². The van der Waals surface area contributed by atoms with Gasteiger partial charge in [-0.3, -0.25) is 10.1 Å². The van der Waals surface area contributed by atoms with Crippen molar-refractivity contribution in [2.24, 2.45) is 0 Å². The number of nitrogens with zero attached hydrogens (tertiary/aromatic N) is 3. The van der Waals surface area contributed by atoms with Crippen LogP contribution in [0.3, 0.4) is 0 Å². The molecular formula is C15H19N5O2S2. The van der Waals surface area contributed by atoms with Gasteiger partial charge in [0.15, 0.2) is 5.13 Å². The third kappa shape index (κ3) is 3.57. The van der Waals surface area contributed by atoms with E-state index in [1.165, 1.54) is 48.4 Å². The Hall–Kier alpha value is -1.58. The first kappa shape index (κ1) is 15.9. The van der Waals surface area contributed by atoms with Crippen molar-refractivity contribution in [3.05, 3.63) is 16.1 Å². The topological polar surface area (TPSA) is 89.0 Å². The molecule has 2 aliphatic rings. The number of carbonyl (C=O) groups is 1. The molecule has 0 radical (unpaired) electrons. The van der Waals surface area contributed by atoms with Gasteiger partial charge in [0, 0.05) is 18.0 Å². The summed E-state index contributed by atoms with van der Waals surface area (Å²) in [5, 5.41) is 18.2. The maximum Gasteiger partial charge on any atom is 0.277 e. The van der Waals surface area contributed by atoms with Gasteiger partial charge in [0.05, 0.1) is 0 Å². The van der Waals surface area contributed by atoms with E-state index in [2.05, 4.69) is 25.8 Å². The van der Waals surface area contributed by atoms with Crippen LogP contribution >= 0.6 is 22.7 Å². The summed E-state index contributed by atoms with van der Waals surface area (Å²) in [5.74, 6) is -0.249. The Balaban J connectivity index is 1.36. The Morgan fingerprint density at radius 3 is 2.83 bits per heavy atom. The Labute approximate surface area is 147 Å². The molecule has 0 aromatic carbocycles. The Morgan fingerprint density at radius 1 is 1.17 bits per heavy atom. The molecule has 4 rings (SSSR count). The van der Waals surface area contributed by atoms with Gasteiger partial charge in [0.2, 0.25) is 5.13 Å². The SMILES string of the molecule is O=C(Nc1nnc([C@H]2CCCO2)s1)c1csc(NC2CCCC2)n1. The predicted octanol–water partition coefficient (Wildman–Crippen LogP) is 3.45. The lowest BCUT2D eigenvalue weighted by Crippen LogP contribution is -2.15. The van der Waals surface area contributed by atoms with Crippen molar-refractivity contribution in [2.45, 2.75) is 50.7 Å². The average Bonchev–Trinajstić information content (AvgIpc) is 3.36. The van der Waals surface area contributed by atoms with Crippen molar-refractivity contribution < 1.29 is 9.53 Å². The molecule has 1 saturated heterocycles. The molecule has 3 heterocycles. The van der Waals surface area contributed by atoms with Gasteiger partial charge in [-0.15, -0.1) is 21.5 Å². The van der Waals surface area contributed by atoms with Crippen molar-refractivity contribution in [3.63, 3.8) is 0 Å². The predicted molar refractivity (Wildman–Crippen MR) is 93.8 cm³/mol. The zero-order chi connectivity index (χ0) is 16.4. The summed E-state index contributed by atoms with van der Waals surface area (Å²) in [4.78, 5) is 16.7. The first-order chi connectivity index (χ1) is 11.8. The Bertz CT molecular complexity index is 704. The summed E-state index contributed by atoms with van der Waals surface area (Å²) in [5.41, 5.74) is 0.411. The van der Waals surface area contributed by atoms with Crippen molar-refractivity contribution in [1.82, 2.24) is 15.2 Å². The molecule has 2 aromatic heterocycles. The molecule has 0 unspecified atom stereocenters. The van der Waals surface area contributed by atoms with Crippen molar-refractivity contribution in [2.75, 3.05) is 17.2 Å². The van der Waals surface area contributed by atoms with Crippen molar-refractivity contribution in [1.29, 1.82) is 0 Å². The summed E-state index contributed by atoms with van der Waals surface area (Å²) in [6.45, 7) is 0.765. The lowest BCUT2D eigenvalue weighted by atomic mass is 10.2. The number of aromatic nitrogens is 3. The Morgan fingerprint density at radius 2 is 2.04 bits per heavy atom. The maximum atomic E-state index is 12.3. The summed E-state index contributed by atoms with van der Waals surface area (Å²) in [6, 6.07) is 0.490. The monoisotopic (exact) mass is 365 g/mol. The molecule has 2 fully saturated rings. The number of thiazole rings is 1. The fourth-order valence-electron chi connectivity index (χ4n) is 3.04. The number of anilines is 2. The molecule has 1 atom stereocenters. The van der Waals surface area contributed by atoms with E-state index >= 15 is 0 Å². The first-order valence-electron chi connectivity index (χ1n) is 8.26. The summed E-state index contributed by atoms with van der Waals surface area (Å²) in [6.07, 6.45) is 6.91. The average molecular weight is 365 g/mol. The van der Waals surface area contributed by atoms with E-state index in [0.717, 1.165) is 29.6 Å². The fourth-order valence-corrected chi connectivity index (χ4v) is 4.63. The van der Waals surface area contributed by atoms with Crippen LogP contribution in [0.25, 0.3) is 0 Å². The number of amides is 1. The third-order valence-corrected chi connectivity index (χ3v) is 5.99. The second-order valence-electron chi connectivity index (χ2n) is 6.06. The molecule has 1 amide bonds. The van der Waals surface area contributed by atoms with Crippen LogP contribution in [-0.2, 0) is 4.74 Å². The smallest absolute Gasteiger partial charge is 0.277 e. The highest BCUT2D eigenvalue weighted by atomic mass is 32.1. The van der Waals surface area contributed by atoms with E-state index in [1.54, 1.807) is 5.38 Å². The van der Waals surface area contributed by atoms with Crippen LogP contribution in [0.15, 0.2) is 5.38 Å². The lowest BCUT2D eigenvalue weighted by Gasteiger charge is -2.09. The van der Waals surface area contributed by atoms with Crippen LogP contribution in [0.1, 0.15) is 60.1 Å². The van der Waals surface area contributed by atoms with E-state index in [4.69, 9.17) is 4.74 Å². The third-order valence-electron chi connectivity index (χ3n) is 4.29. The van der Waals surface area contributed by atoms with Gasteiger partial charge in [-0.25, -0.2) is 4.98 Å². The van der Waals surface area contributed by atoms with E-state index in [9.17, 15) is 4.79 Å². The first-order valence-corrected chi connectivity index (χ1v) is 9.96. The highest BCUT2D eigenvalue weighted by Crippen LogP contribution is 2.32. The second-order valence-corrected chi connectivity index (χ2v) is 7.93. The minimum atomic E-state index is -0.249. The van der Waals surface area contributed by atoms with E-state index < -0.39 is 0 Å². The maximum absolute atomic E-state index is 12.3. The molecule has 2 N–H and O–H groups in total. The van der Waals surface area contributed by atoms with Crippen LogP contribution in [0.2, 0.25) is 0 Å². The molecule has 24 heavy (non-hydrogen) atoms. The molecular weight excluding hydrogens is 346 g/mol. The van der Waals surface area contributed by atoms with E-state index in [1.807, 2.05) is 0 Å². The zero-order valence-corrected chi connectivity index (χ0v) is 14.8. The van der Waals surface area contributed by atoms with Gasteiger partial charge in [-0.05, 0) is 25.7 Å². The van der Waals surface area contributed by atoms with Gasteiger partial charge in [-0.1, -0.05) is 24.2 Å². The zero-order valence-electron chi connectivity index (χ0n) is 13.2. The van der Waals surface area contributed by atoms with Gasteiger partial charge in [0.25, 0.3) is 5.91 Å². The highest BCUT2D eigenvalue weighted by molar-refractivity contribution is 7.15. The standard InChI is InChI=1S/C15H19N5O2S2/c21-12(10-8-23-14(17-10)16-9-4-1-2-5-9)18-15-20-19-13(24-15)11-6-3-7-22-11/h8-9,11H,1-7H2,(H,16,17)(H,18,20,21)/t11-/m1/s1. The molecule has 7 nitrogen and oxygen atoms in total. The molecule has 2 aromatic rings. The van der Waals surface area contributed by atoms with E-state index in [0.29, 0.717) is 16.9 Å². The summed E-state index contributed by atoms with van der Waals surface area (Å²) < 4.78 is 5.58. The normalized spacial score (nSPS) is 21.2. The number of hydrogen-bond acceptors (Lipinski definition) is 8. The van der Waals surface area contributed by atoms with Crippen molar-refractivity contribution >= 4 is 38.8 Å². The minimum Gasteiger partial charge on any atom is -0.371 e. The Kier molecular flexibility index (Phi) is 4.72. The summed E-state index contributed by atoms with van der Waals surface area (Å²) in [7, 11) is 0. The van der Waals surface area contributed by atoms with Crippen LogP contribution in [-0.4, -0.2) is 33.7 Å². The number of nitrogens with one attached hydrogen (secondary N) is 2. The summed E-state index contributed by atoms with van der Waals surface area (Å²) >= 11 is 2.83. The largest absolute Gasteiger partial charge is 0.371 e. The van der Waals surface area contributed by atoms with Gasteiger partial charge >= 0.3 is 0 Å². The number of ether oxygens (including phenoxy) is 1. The number of carbonyl (C=O) groups excluding carboxylic acids is 1. The molecule has 1 aliphatic carbocycles. The molecule has 0 bridgehead atoms. The van der Waals surface area contributed by atoms with Crippen LogP contribution in [0.4, 0.5) is 10.3 Å². The minimum absolute atomic E-state index is 0.0228. The lowest BCUT2D eigenvalue weighted by molar-refractivity contribution is 0.102. The fraction of sp³-hybridized carbons (Fsp3) is 0.600. The molecule has 1 saturated carbocycles. The molecule has 1 aliphatic heterocycles. The molecule has 0 spiro atoms. The quantitative estimate of drug-likeness (QED) is 0.843. The number of hydrogen-bond donors (Lipinski definition) is 2. The second kappa shape index (κ2) is 7.12. The molecule has 128 valence electrons. The number of rotatable bonds is 5. The molecule has 9 heteroatoms. The highest BCUT2D eigenvalue weighted by Gasteiger charge is 2.23. The van der Waals surface area contributed by atoms with Crippen LogP contribution < -0.4 is 10.6 Å². The van der Waals surface area contributed by atoms with Gasteiger partial charge in [0.1, 0.15) is 16.8 Å².